The highest BCUT2D eigenvalue weighted by Gasteiger charge is 2.25. The number of nitrogens with one attached hydrogen (secondary N) is 1. The van der Waals surface area contributed by atoms with Crippen molar-refractivity contribution in [2.75, 3.05) is 19.6 Å². The zero-order valence-electron chi connectivity index (χ0n) is 14.3. The van der Waals surface area contributed by atoms with Gasteiger partial charge in [-0.25, -0.2) is 0 Å². The van der Waals surface area contributed by atoms with E-state index in [0.717, 1.165) is 51.0 Å². The fraction of sp³-hybridized carbons (Fsp3) is 0.600. The lowest BCUT2D eigenvalue weighted by molar-refractivity contribution is -0.126. The number of rotatable bonds is 5. The molecule has 0 radical (unpaired) electrons. The van der Waals surface area contributed by atoms with Gasteiger partial charge >= 0.3 is 0 Å². The van der Waals surface area contributed by atoms with Crippen LogP contribution in [0, 0.1) is 23.2 Å². The lowest BCUT2D eigenvalue weighted by Crippen LogP contribution is -2.36. The second kappa shape index (κ2) is 8.30. The smallest absolute Gasteiger partial charge is 0.223 e. The van der Waals surface area contributed by atoms with Gasteiger partial charge < -0.3 is 5.32 Å². The average Bonchev–Trinajstić information content (AvgIpc) is 3.08. The minimum Gasteiger partial charge on any atom is -0.356 e. The number of nitrogens with zero attached hydrogens (tertiary/aromatic N) is 2. The van der Waals surface area contributed by atoms with Gasteiger partial charge in [-0.15, -0.1) is 0 Å². The number of carbonyl (C=O) groups is 1. The second-order valence-corrected chi connectivity index (χ2v) is 7.28. The van der Waals surface area contributed by atoms with Gasteiger partial charge in [-0.3, -0.25) is 9.69 Å². The second-order valence-electron chi connectivity index (χ2n) is 7.28. The molecule has 1 saturated heterocycles. The number of hydrogen-bond acceptors (Lipinski definition) is 3. The zero-order chi connectivity index (χ0) is 16.8. The van der Waals surface area contributed by atoms with Crippen LogP contribution in [0.5, 0.6) is 0 Å². The molecule has 2 aliphatic rings. The van der Waals surface area contributed by atoms with Gasteiger partial charge in [-0.05, 0) is 49.4 Å². The average molecular weight is 325 g/mol. The predicted octanol–water partition coefficient (Wildman–Crippen LogP) is 3.08. The third-order valence-corrected chi connectivity index (χ3v) is 5.37. The number of benzene rings is 1. The van der Waals surface area contributed by atoms with Crippen molar-refractivity contribution in [1.82, 2.24) is 10.2 Å². The summed E-state index contributed by atoms with van der Waals surface area (Å²) < 4.78 is 0. The summed E-state index contributed by atoms with van der Waals surface area (Å²) in [5, 5.41) is 12.2. The third kappa shape index (κ3) is 4.58. The lowest BCUT2D eigenvalue weighted by Gasteiger charge is -2.22. The molecular weight excluding hydrogens is 298 g/mol. The van der Waals surface area contributed by atoms with Crippen molar-refractivity contribution in [2.24, 2.45) is 11.8 Å². The molecule has 0 unspecified atom stereocenters. The van der Waals surface area contributed by atoms with E-state index in [2.05, 4.69) is 22.4 Å². The molecule has 1 N–H and O–H groups in total. The van der Waals surface area contributed by atoms with Crippen LogP contribution >= 0.6 is 0 Å². The predicted molar refractivity (Wildman–Crippen MR) is 94.1 cm³/mol. The molecule has 0 spiro atoms. The normalized spacial score (nSPS) is 22.2. The Bertz CT molecular complexity index is 601. The first-order chi connectivity index (χ1) is 11.7. The number of amides is 1. The van der Waals surface area contributed by atoms with Gasteiger partial charge in [0.2, 0.25) is 5.91 Å². The summed E-state index contributed by atoms with van der Waals surface area (Å²) in [7, 11) is 0. The Kier molecular flexibility index (Phi) is 5.87. The van der Waals surface area contributed by atoms with E-state index in [4.69, 9.17) is 5.26 Å². The van der Waals surface area contributed by atoms with E-state index in [1.807, 2.05) is 18.2 Å². The molecule has 128 valence electrons. The van der Waals surface area contributed by atoms with E-state index in [0.29, 0.717) is 5.92 Å². The van der Waals surface area contributed by atoms with E-state index in [1.54, 1.807) is 0 Å². The molecule has 4 heteroatoms. The molecule has 1 aliphatic carbocycles. The fourth-order valence-corrected chi connectivity index (χ4v) is 3.97. The van der Waals surface area contributed by atoms with Gasteiger partial charge in [0, 0.05) is 25.6 Å². The van der Waals surface area contributed by atoms with Gasteiger partial charge in [0.15, 0.2) is 0 Å². The van der Waals surface area contributed by atoms with Crippen LogP contribution < -0.4 is 5.32 Å². The van der Waals surface area contributed by atoms with E-state index >= 15 is 0 Å². The van der Waals surface area contributed by atoms with Gasteiger partial charge in [0.1, 0.15) is 0 Å². The molecule has 1 aliphatic heterocycles. The molecule has 1 atom stereocenters. The van der Waals surface area contributed by atoms with Crippen molar-refractivity contribution in [2.45, 2.75) is 45.1 Å². The Morgan fingerprint density at radius 1 is 1.25 bits per heavy atom. The molecule has 0 bridgehead atoms. The molecule has 1 heterocycles. The Hall–Kier alpha value is -1.86. The summed E-state index contributed by atoms with van der Waals surface area (Å²) in [5.41, 5.74) is 1.92. The highest BCUT2D eigenvalue weighted by atomic mass is 16.1. The highest BCUT2D eigenvalue weighted by Crippen LogP contribution is 2.24. The van der Waals surface area contributed by atoms with Gasteiger partial charge in [0.25, 0.3) is 0 Å². The standard InChI is InChI=1S/C20H27N3O/c21-12-16-5-4-6-17(11-16)14-23-10-9-18(15-23)13-22-20(24)19-7-2-1-3-8-19/h4-6,11,18-19H,1-3,7-10,13-15H2,(H,22,24)/t18-/m1/s1. The Morgan fingerprint density at radius 2 is 2.08 bits per heavy atom. The number of hydrogen-bond donors (Lipinski definition) is 1. The van der Waals surface area contributed by atoms with Crippen LogP contribution in [0.1, 0.15) is 49.7 Å². The topological polar surface area (TPSA) is 56.1 Å². The minimum absolute atomic E-state index is 0.255. The molecular formula is C20H27N3O. The van der Waals surface area contributed by atoms with E-state index in [-0.39, 0.29) is 11.8 Å². The highest BCUT2D eigenvalue weighted by molar-refractivity contribution is 5.78. The summed E-state index contributed by atoms with van der Waals surface area (Å²) >= 11 is 0. The van der Waals surface area contributed by atoms with E-state index in [9.17, 15) is 4.79 Å². The third-order valence-electron chi connectivity index (χ3n) is 5.37. The van der Waals surface area contributed by atoms with Crippen molar-refractivity contribution in [3.63, 3.8) is 0 Å². The van der Waals surface area contributed by atoms with Crippen LogP contribution in [0.3, 0.4) is 0 Å². The molecule has 0 aromatic heterocycles. The molecule has 24 heavy (non-hydrogen) atoms. The van der Waals surface area contributed by atoms with Crippen LogP contribution in [0.2, 0.25) is 0 Å². The van der Waals surface area contributed by atoms with Crippen molar-refractivity contribution in [3.8, 4) is 6.07 Å². The van der Waals surface area contributed by atoms with Crippen LogP contribution in [0.4, 0.5) is 0 Å². The summed E-state index contributed by atoms with van der Waals surface area (Å²) in [6.45, 7) is 3.80. The van der Waals surface area contributed by atoms with Crippen molar-refractivity contribution in [3.05, 3.63) is 35.4 Å². The number of carbonyl (C=O) groups excluding carboxylic acids is 1. The van der Waals surface area contributed by atoms with Gasteiger partial charge in [-0.2, -0.15) is 5.26 Å². The minimum atomic E-state index is 0.255. The lowest BCUT2D eigenvalue weighted by atomic mass is 9.88. The summed E-state index contributed by atoms with van der Waals surface area (Å²) in [6, 6.07) is 10.0. The molecule has 3 rings (SSSR count). The maximum Gasteiger partial charge on any atom is 0.223 e. The molecule has 1 aromatic carbocycles. The number of likely N-dealkylation sites (tertiary alicyclic amines) is 1. The number of nitriles is 1. The summed E-state index contributed by atoms with van der Waals surface area (Å²) in [6.07, 6.45) is 6.97. The summed E-state index contributed by atoms with van der Waals surface area (Å²) in [4.78, 5) is 14.7. The Labute approximate surface area is 144 Å². The van der Waals surface area contributed by atoms with Crippen LogP contribution in [-0.4, -0.2) is 30.4 Å². The first-order valence-corrected chi connectivity index (χ1v) is 9.23. The zero-order valence-corrected chi connectivity index (χ0v) is 14.3. The molecule has 1 saturated carbocycles. The molecule has 4 nitrogen and oxygen atoms in total. The molecule has 1 aromatic rings. The fourth-order valence-electron chi connectivity index (χ4n) is 3.97. The molecule has 2 fully saturated rings. The van der Waals surface area contributed by atoms with Crippen molar-refractivity contribution in [1.29, 1.82) is 5.26 Å². The molecule has 1 amide bonds. The van der Waals surface area contributed by atoms with Crippen LogP contribution in [-0.2, 0) is 11.3 Å². The Morgan fingerprint density at radius 3 is 2.88 bits per heavy atom. The Balaban J connectivity index is 1.42. The SMILES string of the molecule is N#Cc1cccc(CN2CC[C@H](CNC(=O)C3CCCCC3)C2)c1. The maximum absolute atomic E-state index is 12.2. The van der Waals surface area contributed by atoms with Gasteiger partial charge in [0.05, 0.1) is 11.6 Å². The van der Waals surface area contributed by atoms with E-state index < -0.39 is 0 Å². The monoisotopic (exact) mass is 325 g/mol. The van der Waals surface area contributed by atoms with Crippen molar-refractivity contribution < 1.29 is 4.79 Å². The van der Waals surface area contributed by atoms with Crippen molar-refractivity contribution >= 4 is 5.91 Å². The quantitative estimate of drug-likeness (QED) is 0.905. The first kappa shape index (κ1) is 17.0. The van der Waals surface area contributed by atoms with Crippen LogP contribution in [0.25, 0.3) is 0 Å². The van der Waals surface area contributed by atoms with Gasteiger partial charge in [-0.1, -0.05) is 31.4 Å². The largest absolute Gasteiger partial charge is 0.356 e. The van der Waals surface area contributed by atoms with Crippen LogP contribution in [0.15, 0.2) is 24.3 Å². The first-order valence-electron chi connectivity index (χ1n) is 9.23. The maximum atomic E-state index is 12.2. The van der Waals surface area contributed by atoms with E-state index in [1.165, 1.54) is 24.8 Å². The summed E-state index contributed by atoms with van der Waals surface area (Å²) in [5.74, 6) is 1.08.